The molecule has 0 aliphatic heterocycles. The third-order valence-corrected chi connectivity index (χ3v) is 7.66. The second-order valence-electron chi connectivity index (χ2n) is 5.50. The molecule has 0 fully saturated rings. The van der Waals surface area contributed by atoms with Gasteiger partial charge in [0.05, 0.1) is 0 Å². The van der Waals surface area contributed by atoms with Gasteiger partial charge < -0.3 is 4.43 Å². The van der Waals surface area contributed by atoms with Gasteiger partial charge in [-0.25, -0.2) is 0 Å². The largest absolute Gasteiger partial charge is 0.417 e. The van der Waals surface area contributed by atoms with Gasteiger partial charge in [0.25, 0.3) is 0 Å². The van der Waals surface area contributed by atoms with Crippen LogP contribution < -0.4 is 0 Å². The van der Waals surface area contributed by atoms with Crippen LogP contribution in [-0.4, -0.2) is 21.2 Å². The van der Waals surface area contributed by atoms with Crippen molar-refractivity contribution in [3.8, 4) is 11.8 Å². The molecule has 0 radical (unpaired) electrons. The molecule has 0 saturated carbocycles. The van der Waals surface area contributed by atoms with Crippen LogP contribution in [0.3, 0.4) is 0 Å². The van der Waals surface area contributed by atoms with Crippen molar-refractivity contribution in [1.29, 1.82) is 0 Å². The molecule has 0 N–H and O–H groups in total. The predicted octanol–water partition coefficient (Wildman–Crippen LogP) is 3.38. The van der Waals surface area contributed by atoms with Crippen LogP contribution in [0.4, 0.5) is 0 Å². The Morgan fingerprint density at radius 2 is 1.88 bits per heavy atom. The first-order chi connectivity index (χ1) is 7.31. The summed E-state index contributed by atoms with van der Waals surface area (Å²) < 4.78 is 6.02. The minimum Gasteiger partial charge on any atom is -0.417 e. The smallest absolute Gasteiger partial charge is 0.192 e. The molecule has 0 saturated heterocycles. The Kier molecular flexibility index (Phi) is 6.62. The molecule has 0 aromatic heterocycles. The van der Waals surface area contributed by atoms with Crippen molar-refractivity contribution < 1.29 is 9.22 Å². The minimum absolute atomic E-state index is 0.282. The standard InChI is InChI=1S/C13H24O2Si/c1-13(2,3)16(4,5)15-12-10-8-6-7-9-11-14/h11H,6,8,10,12H2,1-5H3. The van der Waals surface area contributed by atoms with Gasteiger partial charge in [0.1, 0.15) is 0 Å². The molecule has 92 valence electrons. The van der Waals surface area contributed by atoms with E-state index in [1.165, 1.54) is 0 Å². The van der Waals surface area contributed by atoms with Crippen LogP contribution in [0.1, 0.15) is 40.0 Å². The second-order valence-corrected chi connectivity index (χ2v) is 10.3. The van der Waals surface area contributed by atoms with E-state index in [4.69, 9.17) is 4.43 Å². The predicted molar refractivity (Wildman–Crippen MR) is 70.8 cm³/mol. The van der Waals surface area contributed by atoms with E-state index in [-0.39, 0.29) is 5.04 Å². The van der Waals surface area contributed by atoms with Gasteiger partial charge in [-0.3, -0.25) is 4.79 Å². The van der Waals surface area contributed by atoms with Crippen molar-refractivity contribution in [2.45, 2.75) is 58.2 Å². The topological polar surface area (TPSA) is 26.3 Å². The van der Waals surface area contributed by atoms with Gasteiger partial charge in [-0.15, -0.1) is 0 Å². The highest BCUT2D eigenvalue weighted by molar-refractivity contribution is 6.74. The van der Waals surface area contributed by atoms with Crippen molar-refractivity contribution in [1.82, 2.24) is 0 Å². The number of hydrogen-bond acceptors (Lipinski definition) is 2. The molecule has 0 rings (SSSR count). The average Bonchev–Trinajstić information content (AvgIpc) is 2.14. The molecule has 0 amide bonds. The summed E-state index contributed by atoms with van der Waals surface area (Å²) in [6, 6.07) is 0. The number of aldehydes is 1. The number of hydrogen-bond donors (Lipinski definition) is 0. The molecule has 0 unspecified atom stereocenters. The lowest BCUT2D eigenvalue weighted by atomic mass is 10.2. The van der Waals surface area contributed by atoms with Crippen molar-refractivity contribution in [2.75, 3.05) is 6.61 Å². The maximum Gasteiger partial charge on any atom is 0.192 e. The summed E-state index contributed by atoms with van der Waals surface area (Å²) in [6.07, 6.45) is 3.47. The van der Waals surface area contributed by atoms with E-state index in [1.807, 2.05) is 0 Å². The molecule has 3 heteroatoms. The summed E-state index contributed by atoms with van der Waals surface area (Å²) in [5.41, 5.74) is 0. The fraction of sp³-hybridized carbons (Fsp3) is 0.769. The molecule has 0 aromatic carbocycles. The van der Waals surface area contributed by atoms with Gasteiger partial charge in [0.2, 0.25) is 0 Å². The van der Waals surface area contributed by atoms with E-state index in [2.05, 4.69) is 45.7 Å². The Hall–Kier alpha value is -0.593. The number of unbranched alkanes of at least 4 members (excludes halogenated alkanes) is 2. The third-order valence-electron chi connectivity index (χ3n) is 3.13. The van der Waals surface area contributed by atoms with E-state index in [9.17, 15) is 4.79 Å². The molecular weight excluding hydrogens is 216 g/mol. The SMILES string of the molecule is CC(C)(C)[Si](C)(C)OCCCCC#CC=O. The summed E-state index contributed by atoms with van der Waals surface area (Å²) in [4.78, 5) is 9.94. The zero-order chi connectivity index (χ0) is 12.7. The first-order valence-corrected chi connectivity index (χ1v) is 8.78. The number of carbonyl (C=O) groups is 1. The van der Waals surface area contributed by atoms with Gasteiger partial charge in [-0.1, -0.05) is 26.7 Å². The minimum atomic E-state index is -1.57. The Bertz CT molecular complexity index is 266. The molecule has 16 heavy (non-hydrogen) atoms. The highest BCUT2D eigenvalue weighted by Crippen LogP contribution is 2.36. The zero-order valence-electron chi connectivity index (χ0n) is 11.2. The molecule has 2 nitrogen and oxygen atoms in total. The summed E-state index contributed by atoms with van der Waals surface area (Å²) >= 11 is 0. The monoisotopic (exact) mass is 240 g/mol. The van der Waals surface area contributed by atoms with E-state index < -0.39 is 8.32 Å². The Morgan fingerprint density at radius 1 is 1.25 bits per heavy atom. The van der Waals surface area contributed by atoms with Crippen LogP contribution in [0.2, 0.25) is 18.1 Å². The first-order valence-electron chi connectivity index (χ1n) is 5.87. The van der Waals surface area contributed by atoms with Crippen molar-refractivity contribution in [2.24, 2.45) is 0 Å². The normalized spacial score (nSPS) is 11.8. The Morgan fingerprint density at radius 3 is 2.38 bits per heavy atom. The molecule has 0 bridgehead atoms. The average molecular weight is 240 g/mol. The van der Waals surface area contributed by atoms with Gasteiger partial charge in [-0.05, 0) is 36.9 Å². The fourth-order valence-electron chi connectivity index (χ4n) is 0.973. The third kappa shape index (κ3) is 6.09. The summed E-state index contributed by atoms with van der Waals surface area (Å²) in [5.74, 6) is 5.22. The molecular formula is C13H24O2Si. The van der Waals surface area contributed by atoms with E-state index >= 15 is 0 Å². The summed E-state index contributed by atoms with van der Waals surface area (Å²) in [7, 11) is -1.57. The van der Waals surface area contributed by atoms with E-state index in [1.54, 1.807) is 0 Å². The quantitative estimate of drug-likeness (QED) is 0.319. The molecule has 0 spiro atoms. The lowest BCUT2D eigenvalue weighted by Crippen LogP contribution is -2.40. The molecule has 0 aromatic rings. The van der Waals surface area contributed by atoms with Gasteiger partial charge in [0, 0.05) is 13.0 Å². The van der Waals surface area contributed by atoms with Crippen LogP contribution >= 0.6 is 0 Å². The van der Waals surface area contributed by atoms with Gasteiger partial charge in [-0.2, -0.15) is 0 Å². The Labute approximate surface area is 101 Å². The zero-order valence-corrected chi connectivity index (χ0v) is 12.2. The maximum absolute atomic E-state index is 9.94. The lowest BCUT2D eigenvalue weighted by Gasteiger charge is -2.36. The van der Waals surface area contributed by atoms with Crippen LogP contribution in [0, 0.1) is 11.8 Å². The van der Waals surface area contributed by atoms with Crippen LogP contribution in [0.15, 0.2) is 0 Å². The summed E-state index contributed by atoms with van der Waals surface area (Å²) in [6.45, 7) is 12.1. The maximum atomic E-state index is 9.94. The number of carbonyl (C=O) groups excluding carboxylic acids is 1. The molecule has 0 aliphatic rings. The number of rotatable bonds is 5. The van der Waals surface area contributed by atoms with Crippen molar-refractivity contribution in [3.63, 3.8) is 0 Å². The van der Waals surface area contributed by atoms with Crippen LogP contribution in [0.5, 0.6) is 0 Å². The second kappa shape index (κ2) is 6.88. The molecule has 0 atom stereocenters. The first kappa shape index (κ1) is 15.4. The van der Waals surface area contributed by atoms with Crippen molar-refractivity contribution in [3.05, 3.63) is 0 Å². The van der Waals surface area contributed by atoms with Gasteiger partial charge in [0.15, 0.2) is 14.6 Å². The van der Waals surface area contributed by atoms with Crippen molar-refractivity contribution >= 4 is 14.6 Å². The Balaban J connectivity index is 3.70. The highest BCUT2D eigenvalue weighted by Gasteiger charge is 2.36. The molecule has 0 aliphatic carbocycles. The van der Waals surface area contributed by atoms with Crippen LogP contribution in [0.25, 0.3) is 0 Å². The highest BCUT2D eigenvalue weighted by atomic mass is 28.4. The summed E-state index contributed by atoms with van der Waals surface area (Å²) in [5, 5.41) is 0.282. The van der Waals surface area contributed by atoms with Gasteiger partial charge >= 0.3 is 0 Å². The van der Waals surface area contributed by atoms with Crippen LogP contribution in [-0.2, 0) is 9.22 Å². The van der Waals surface area contributed by atoms with E-state index in [0.717, 1.165) is 25.9 Å². The lowest BCUT2D eigenvalue weighted by molar-refractivity contribution is -0.103. The fourth-order valence-corrected chi connectivity index (χ4v) is 2.06. The van der Waals surface area contributed by atoms with E-state index in [0.29, 0.717) is 6.29 Å². The molecule has 0 heterocycles.